The van der Waals surface area contributed by atoms with Crippen LogP contribution in [0.5, 0.6) is 0 Å². The van der Waals surface area contributed by atoms with Crippen LogP contribution in [0, 0.1) is 0 Å². The molecule has 0 spiro atoms. The Bertz CT molecular complexity index is 209. The molecule has 50 valence electrons. The Labute approximate surface area is 66.8 Å². The van der Waals surface area contributed by atoms with Gasteiger partial charge in [-0.3, -0.25) is 0 Å². The fraction of sp³-hybridized carbons (Fsp3) is 0.200. The number of halogens is 2. The highest BCUT2D eigenvalue weighted by atomic mass is 35.5. The molecule has 0 aliphatic carbocycles. The predicted octanol–water partition coefficient (Wildman–Crippen LogP) is 2.55. The monoisotopic (exact) mass is 182 g/mol. The van der Waals surface area contributed by atoms with Crippen molar-refractivity contribution in [1.29, 1.82) is 0 Å². The zero-order valence-electron chi connectivity index (χ0n) is 4.40. The lowest BCUT2D eigenvalue weighted by molar-refractivity contribution is 0.282. The summed E-state index contributed by atoms with van der Waals surface area (Å²) in [6.45, 7) is -0.0396. The first-order valence-electron chi connectivity index (χ1n) is 2.28. The van der Waals surface area contributed by atoms with Crippen LogP contribution in [0.3, 0.4) is 0 Å². The first-order chi connectivity index (χ1) is 4.25. The third-order valence-corrected chi connectivity index (χ3v) is 2.84. The van der Waals surface area contributed by atoms with Gasteiger partial charge in [0, 0.05) is 5.56 Å². The lowest BCUT2D eigenvalue weighted by Crippen LogP contribution is -1.76. The van der Waals surface area contributed by atoms with Crippen molar-refractivity contribution in [3.63, 3.8) is 0 Å². The maximum Gasteiger partial charge on any atom is 0.112 e. The number of thiophene rings is 1. The van der Waals surface area contributed by atoms with Crippen molar-refractivity contribution < 1.29 is 5.11 Å². The van der Waals surface area contributed by atoms with Crippen molar-refractivity contribution in [2.45, 2.75) is 6.61 Å². The minimum absolute atomic E-state index is 0.0396. The van der Waals surface area contributed by atoms with Gasteiger partial charge in [0.05, 0.1) is 11.6 Å². The highest BCUT2D eigenvalue weighted by Crippen LogP contribution is 2.31. The smallest absolute Gasteiger partial charge is 0.112 e. The van der Waals surface area contributed by atoms with Gasteiger partial charge in [-0.1, -0.05) is 23.2 Å². The van der Waals surface area contributed by atoms with Crippen molar-refractivity contribution in [3.8, 4) is 0 Å². The number of rotatable bonds is 1. The molecule has 0 radical (unpaired) electrons. The van der Waals surface area contributed by atoms with Gasteiger partial charge in [0.25, 0.3) is 0 Å². The molecule has 0 atom stereocenters. The van der Waals surface area contributed by atoms with Crippen LogP contribution in [-0.4, -0.2) is 5.11 Å². The summed E-state index contributed by atoms with van der Waals surface area (Å²) in [5, 5.41) is 10.8. The third kappa shape index (κ3) is 1.38. The quantitative estimate of drug-likeness (QED) is 0.709. The average molecular weight is 183 g/mol. The Kier molecular flexibility index (Phi) is 2.35. The molecule has 1 aromatic rings. The van der Waals surface area contributed by atoms with Gasteiger partial charge in [-0.25, -0.2) is 0 Å². The first-order valence-corrected chi connectivity index (χ1v) is 3.91. The molecule has 0 unspecified atom stereocenters. The van der Waals surface area contributed by atoms with Gasteiger partial charge < -0.3 is 5.11 Å². The van der Waals surface area contributed by atoms with Crippen LogP contribution >= 0.6 is 34.5 Å². The van der Waals surface area contributed by atoms with Gasteiger partial charge in [-0.05, 0) is 5.38 Å². The highest BCUT2D eigenvalue weighted by Gasteiger charge is 2.04. The summed E-state index contributed by atoms with van der Waals surface area (Å²) in [5.74, 6) is 0. The van der Waals surface area contributed by atoms with Crippen molar-refractivity contribution in [1.82, 2.24) is 0 Å². The predicted molar refractivity (Wildman–Crippen MR) is 40.3 cm³/mol. The third-order valence-electron chi connectivity index (χ3n) is 0.929. The van der Waals surface area contributed by atoms with E-state index >= 15 is 0 Å². The summed E-state index contributed by atoms with van der Waals surface area (Å²) >= 11 is 12.5. The van der Waals surface area contributed by atoms with Crippen LogP contribution in [0.1, 0.15) is 5.56 Å². The highest BCUT2D eigenvalue weighted by molar-refractivity contribution is 7.15. The van der Waals surface area contributed by atoms with Crippen LogP contribution in [0.2, 0.25) is 9.36 Å². The van der Waals surface area contributed by atoms with Gasteiger partial charge in [0.15, 0.2) is 0 Å². The summed E-state index contributed by atoms with van der Waals surface area (Å²) in [4.78, 5) is 0. The van der Waals surface area contributed by atoms with Crippen molar-refractivity contribution in [2.75, 3.05) is 0 Å². The van der Waals surface area contributed by atoms with E-state index in [-0.39, 0.29) is 6.61 Å². The molecule has 0 aromatic carbocycles. The zero-order chi connectivity index (χ0) is 6.85. The Morgan fingerprint density at radius 3 is 2.44 bits per heavy atom. The molecule has 1 nitrogen and oxygen atoms in total. The van der Waals surface area contributed by atoms with E-state index < -0.39 is 0 Å². The van der Waals surface area contributed by atoms with E-state index in [4.69, 9.17) is 28.3 Å². The molecular formula is C5H4Cl2OS. The van der Waals surface area contributed by atoms with Crippen LogP contribution in [0.4, 0.5) is 0 Å². The van der Waals surface area contributed by atoms with E-state index in [1.54, 1.807) is 5.38 Å². The largest absolute Gasteiger partial charge is 0.392 e. The molecule has 0 aliphatic rings. The first kappa shape index (κ1) is 7.35. The van der Waals surface area contributed by atoms with Crippen LogP contribution < -0.4 is 0 Å². The molecule has 0 saturated heterocycles. The van der Waals surface area contributed by atoms with Crippen LogP contribution in [-0.2, 0) is 6.61 Å². The maximum absolute atomic E-state index is 8.60. The second-order valence-electron chi connectivity index (χ2n) is 1.51. The number of hydrogen-bond acceptors (Lipinski definition) is 2. The van der Waals surface area contributed by atoms with E-state index in [1.807, 2.05) is 0 Å². The van der Waals surface area contributed by atoms with E-state index in [1.165, 1.54) is 11.3 Å². The normalized spacial score (nSPS) is 10.1. The lowest BCUT2D eigenvalue weighted by atomic mass is 10.4. The maximum atomic E-state index is 8.60. The molecule has 0 amide bonds. The minimum atomic E-state index is -0.0396. The molecule has 1 rings (SSSR count). The molecule has 0 bridgehead atoms. The summed E-state index contributed by atoms with van der Waals surface area (Å²) < 4.78 is 0.542. The average Bonchev–Trinajstić information content (AvgIpc) is 2.15. The fourth-order valence-electron chi connectivity index (χ4n) is 0.459. The SMILES string of the molecule is OCc1csc(Cl)c1Cl. The van der Waals surface area contributed by atoms with Gasteiger partial charge in [0.1, 0.15) is 4.34 Å². The Hall–Kier alpha value is 0.240. The second kappa shape index (κ2) is 2.88. The van der Waals surface area contributed by atoms with E-state index in [0.29, 0.717) is 14.9 Å². The summed E-state index contributed by atoms with van der Waals surface area (Å²) in [6.07, 6.45) is 0. The second-order valence-corrected chi connectivity index (χ2v) is 3.37. The van der Waals surface area contributed by atoms with E-state index in [0.717, 1.165) is 0 Å². The molecule has 0 saturated carbocycles. The molecular weight excluding hydrogens is 179 g/mol. The Morgan fingerprint density at radius 1 is 1.56 bits per heavy atom. The van der Waals surface area contributed by atoms with Crippen LogP contribution in [0.25, 0.3) is 0 Å². The summed E-state index contributed by atoms with van der Waals surface area (Å²) in [7, 11) is 0. The minimum Gasteiger partial charge on any atom is -0.392 e. The molecule has 0 fully saturated rings. The van der Waals surface area contributed by atoms with E-state index in [2.05, 4.69) is 0 Å². The zero-order valence-corrected chi connectivity index (χ0v) is 6.72. The molecule has 4 heteroatoms. The standard InChI is InChI=1S/C5H4Cl2OS/c6-4-3(1-8)2-9-5(4)7/h2,8H,1H2. The van der Waals surface area contributed by atoms with Gasteiger partial charge in [-0.15, -0.1) is 11.3 Å². The molecule has 9 heavy (non-hydrogen) atoms. The Morgan fingerprint density at radius 2 is 2.22 bits per heavy atom. The van der Waals surface area contributed by atoms with Crippen molar-refractivity contribution in [3.05, 3.63) is 20.3 Å². The fourth-order valence-corrected chi connectivity index (χ4v) is 1.70. The lowest BCUT2D eigenvalue weighted by Gasteiger charge is -1.87. The molecule has 1 heterocycles. The number of hydrogen-bond donors (Lipinski definition) is 1. The van der Waals surface area contributed by atoms with Crippen molar-refractivity contribution >= 4 is 34.5 Å². The number of aliphatic hydroxyl groups is 1. The van der Waals surface area contributed by atoms with E-state index in [9.17, 15) is 0 Å². The van der Waals surface area contributed by atoms with Gasteiger partial charge in [-0.2, -0.15) is 0 Å². The van der Waals surface area contributed by atoms with Crippen molar-refractivity contribution in [2.24, 2.45) is 0 Å². The van der Waals surface area contributed by atoms with Gasteiger partial charge in [0.2, 0.25) is 0 Å². The molecule has 1 aromatic heterocycles. The summed E-state index contributed by atoms with van der Waals surface area (Å²) in [6, 6.07) is 0. The number of aliphatic hydroxyl groups excluding tert-OH is 1. The topological polar surface area (TPSA) is 20.2 Å². The summed E-state index contributed by atoms with van der Waals surface area (Å²) in [5.41, 5.74) is 0.701. The Balaban J connectivity index is 3.04. The molecule has 0 aliphatic heterocycles. The molecule has 1 N–H and O–H groups in total. The van der Waals surface area contributed by atoms with Crippen LogP contribution in [0.15, 0.2) is 5.38 Å². The van der Waals surface area contributed by atoms with Gasteiger partial charge >= 0.3 is 0 Å².